The number of hydrogen-bond acceptors (Lipinski definition) is 4. The number of aromatic carboxylic acids is 1. The minimum atomic E-state index is -0.937. The van der Waals surface area contributed by atoms with Crippen LogP contribution in [0.2, 0.25) is 0 Å². The first-order valence-electron chi connectivity index (χ1n) is 8.30. The molecule has 0 radical (unpaired) electrons. The van der Waals surface area contributed by atoms with E-state index in [0.717, 1.165) is 28.3 Å². The molecule has 0 fully saturated rings. The Morgan fingerprint density at radius 3 is 2.35 bits per heavy atom. The molecule has 0 aromatic heterocycles. The smallest absolute Gasteiger partial charge is 0.335 e. The summed E-state index contributed by atoms with van der Waals surface area (Å²) in [5, 5.41) is 15.8. The normalized spacial score (nSPS) is 15.4. The van der Waals surface area contributed by atoms with Crippen molar-refractivity contribution in [1.29, 1.82) is 0 Å². The molecular formula is C21H17N3O2. The molecule has 5 nitrogen and oxygen atoms in total. The number of amidine groups is 1. The third-order valence-corrected chi connectivity index (χ3v) is 4.25. The summed E-state index contributed by atoms with van der Waals surface area (Å²) in [6.45, 7) is 0. The maximum Gasteiger partial charge on any atom is 0.335 e. The van der Waals surface area contributed by atoms with Gasteiger partial charge < -0.3 is 15.7 Å². The molecule has 5 heteroatoms. The zero-order valence-corrected chi connectivity index (χ0v) is 13.9. The second kappa shape index (κ2) is 6.72. The summed E-state index contributed by atoms with van der Waals surface area (Å²) < 4.78 is 0. The van der Waals surface area contributed by atoms with Gasteiger partial charge in [0, 0.05) is 22.5 Å². The zero-order chi connectivity index (χ0) is 17.9. The number of aliphatic imine (C=N–C) groups is 1. The molecular weight excluding hydrogens is 326 g/mol. The Hall–Kier alpha value is -3.60. The first-order valence-corrected chi connectivity index (χ1v) is 8.30. The van der Waals surface area contributed by atoms with Gasteiger partial charge in [0.05, 0.1) is 5.56 Å². The van der Waals surface area contributed by atoms with Gasteiger partial charge in [0.2, 0.25) is 0 Å². The Bertz CT molecular complexity index is 966. The highest BCUT2D eigenvalue weighted by molar-refractivity contribution is 6.09. The van der Waals surface area contributed by atoms with Crippen molar-refractivity contribution in [2.24, 2.45) is 4.99 Å². The Morgan fingerprint density at radius 2 is 1.62 bits per heavy atom. The first-order chi connectivity index (χ1) is 12.7. The van der Waals surface area contributed by atoms with Crippen LogP contribution < -0.4 is 10.6 Å². The van der Waals surface area contributed by atoms with Crippen LogP contribution in [0, 0.1) is 0 Å². The number of nitrogens with one attached hydrogen (secondary N) is 2. The van der Waals surface area contributed by atoms with Crippen LogP contribution >= 0.6 is 0 Å². The molecule has 1 unspecified atom stereocenters. The lowest BCUT2D eigenvalue weighted by Gasteiger charge is -2.26. The van der Waals surface area contributed by atoms with Crippen LogP contribution in [0.25, 0.3) is 0 Å². The second-order valence-corrected chi connectivity index (χ2v) is 5.99. The van der Waals surface area contributed by atoms with Gasteiger partial charge in [-0.1, -0.05) is 48.5 Å². The third-order valence-electron chi connectivity index (χ3n) is 4.25. The summed E-state index contributed by atoms with van der Waals surface area (Å²) in [5.41, 5.74) is 4.12. The lowest BCUT2D eigenvalue weighted by Crippen LogP contribution is -2.24. The summed E-state index contributed by atoms with van der Waals surface area (Å²) >= 11 is 0. The van der Waals surface area contributed by atoms with E-state index in [9.17, 15) is 4.79 Å². The second-order valence-electron chi connectivity index (χ2n) is 5.99. The van der Waals surface area contributed by atoms with Gasteiger partial charge in [-0.3, -0.25) is 0 Å². The van der Waals surface area contributed by atoms with Gasteiger partial charge in [-0.05, 0) is 30.3 Å². The lowest BCUT2D eigenvalue weighted by molar-refractivity contribution is 0.0697. The van der Waals surface area contributed by atoms with E-state index < -0.39 is 5.97 Å². The third kappa shape index (κ3) is 3.15. The van der Waals surface area contributed by atoms with Gasteiger partial charge in [-0.25, -0.2) is 9.79 Å². The summed E-state index contributed by atoms with van der Waals surface area (Å²) in [7, 11) is 0. The number of carboxylic acids is 1. The molecule has 0 saturated heterocycles. The summed E-state index contributed by atoms with van der Waals surface area (Å²) in [6, 6.07) is 24.6. The van der Waals surface area contributed by atoms with E-state index in [-0.39, 0.29) is 11.7 Å². The number of fused-ring (bicyclic) bond motifs is 1. The molecule has 128 valence electrons. The minimum absolute atomic E-state index is 0.259. The van der Waals surface area contributed by atoms with Crippen molar-refractivity contribution in [2.45, 2.75) is 6.17 Å². The summed E-state index contributed by atoms with van der Waals surface area (Å²) in [5.74, 6) is -0.142. The highest BCUT2D eigenvalue weighted by Gasteiger charge is 2.21. The SMILES string of the molecule is O=C(O)c1ccc(NC2N=C(c3ccccc3)Nc3ccccc32)cc1. The predicted molar refractivity (Wildman–Crippen MR) is 103 cm³/mol. The largest absolute Gasteiger partial charge is 0.478 e. The lowest BCUT2D eigenvalue weighted by atomic mass is 10.1. The Labute approximate surface area is 151 Å². The number of para-hydroxylation sites is 1. The van der Waals surface area contributed by atoms with Crippen LogP contribution in [0.15, 0.2) is 83.9 Å². The van der Waals surface area contributed by atoms with Gasteiger partial charge in [-0.2, -0.15) is 0 Å². The Balaban J connectivity index is 1.68. The molecule has 0 aliphatic carbocycles. The van der Waals surface area contributed by atoms with Crippen LogP contribution in [-0.2, 0) is 0 Å². The molecule has 26 heavy (non-hydrogen) atoms. The number of hydrogen-bond donors (Lipinski definition) is 3. The maximum absolute atomic E-state index is 11.0. The Morgan fingerprint density at radius 1 is 0.923 bits per heavy atom. The van der Waals surface area contributed by atoms with Crippen molar-refractivity contribution in [2.75, 3.05) is 10.6 Å². The quantitative estimate of drug-likeness (QED) is 0.658. The number of rotatable bonds is 4. The van der Waals surface area contributed by atoms with Crippen molar-refractivity contribution >= 4 is 23.2 Å². The van der Waals surface area contributed by atoms with E-state index in [1.165, 1.54) is 0 Å². The fourth-order valence-electron chi connectivity index (χ4n) is 2.93. The highest BCUT2D eigenvalue weighted by Crippen LogP contribution is 2.32. The fourth-order valence-corrected chi connectivity index (χ4v) is 2.93. The molecule has 0 saturated carbocycles. The van der Waals surface area contributed by atoms with Gasteiger partial charge >= 0.3 is 5.97 Å². The first kappa shape index (κ1) is 15.9. The number of carboxylic acid groups (broad SMARTS) is 1. The monoisotopic (exact) mass is 343 g/mol. The standard InChI is InChI=1S/C21H17N3O2/c25-21(26)15-10-12-16(13-11-15)22-20-17-8-4-5-9-18(17)23-19(24-20)14-6-2-1-3-7-14/h1-13,20,22H,(H,23,24)(H,25,26). The number of benzene rings is 3. The molecule has 1 heterocycles. The predicted octanol–water partition coefficient (Wildman–Crippen LogP) is 4.37. The topological polar surface area (TPSA) is 73.7 Å². The van der Waals surface area contributed by atoms with Gasteiger partial charge in [0.1, 0.15) is 12.0 Å². The van der Waals surface area contributed by atoms with Crippen LogP contribution in [0.4, 0.5) is 11.4 Å². The average molecular weight is 343 g/mol. The van der Waals surface area contributed by atoms with E-state index in [4.69, 9.17) is 10.1 Å². The highest BCUT2D eigenvalue weighted by atomic mass is 16.4. The summed E-state index contributed by atoms with van der Waals surface area (Å²) in [6.07, 6.45) is -0.265. The molecule has 1 aliphatic rings. The van der Waals surface area contributed by atoms with Crippen LogP contribution in [-0.4, -0.2) is 16.9 Å². The number of carbonyl (C=O) groups is 1. The molecule has 0 amide bonds. The van der Waals surface area contributed by atoms with Crippen molar-refractivity contribution in [3.8, 4) is 0 Å². The van der Waals surface area contributed by atoms with Crippen LogP contribution in [0.5, 0.6) is 0 Å². The van der Waals surface area contributed by atoms with Crippen molar-refractivity contribution in [3.63, 3.8) is 0 Å². The van der Waals surface area contributed by atoms with Crippen molar-refractivity contribution in [3.05, 3.63) is 95.6 Å². The molecule has 1 atom stereocenters. The Kier molecular flexibility index (Phi) is 4.11. The molecule has 1 aliphatic heterocycles. The minimum Gasteiger partial charge on any atom is -0.478 e. The zero-order valence-electron chi connectivity index (χ0n) is 13.9. The number of nitrogens with zero attached hydrogens (tertiary/aromatic N) is 1. The van der Waals surface area contributed by atoms with Gasteiger partial charge in [0.15, 0.2) is 0 Å². The van der Waals surface area contributed by atoms with E-state index in [1.54, 1.807) is 24.3 Å². The van der Waals surface area contributed by atoms with Gasteiger partial charge in [-0.15, -0.1) is 0 Å². The van der Waals surface area contributed by atoms with E-state index >= 15 is 0 Å². The van der Waals surface area contributed by atoms with Crippen LogP contribution in [0.3, 0.4) is 0 Å². The molecule has 0 spiro atoms. The average Bonchev–Trinajstić information content (AvgIpc) is 2.69. The maximum atomic E-state index is 11.0. The molecule has 3 aromatic carbocycles. The molecule has 4 rings (SSSR count). The van der Waals surface area contributed by atoms with Gasteiger partial charge in [0.25, 0.3) is 0 Å². The molecule has 0 bridgehead atoms. The van der Waals surface area contributed by atoms with E-state index in [2.05, 4.69) is 10.6 Å². The molecule has 3 aromatic rings. The molecule has 3 N–H and O–H groups in total. The van der Waals surface area contributed by atoms with Crippen molar-refractivity contribution in [1.82, 2.24) is 0 Å². The van der Waals surface area contributed by atoms with E-state index in [0.29, 0.717) is 0 Å². The fraction of sp³-hybridized carbons (Fsp3) is 0.0476. The van der Waals surface area contributed by atoms with Crippen molar-refractivity contribution < 1.29 is 9.90 Å². The summed E-state index contributed by atoms with van der Waals surface area (Å²) in [4.78, 5) is 15.8. The van der Waals surface area contributed by atoms with Crippen LogP contribution in [0.1, 0.15) is 27.7 Å². The number of anilines is 2. The van der Waals surface area contributed by atoms with E-state index in [1.807, 2.05) is 54.6 Å².